The lowest BCUT2D eigenvalue weighted by molar-refractivity contribution is -0.136. The number of anilines is 1. The molecule has 3 fully saturated rings. The molecule has 3 saturated heterocycles. The summed E-state index contributed by atoms with van der Waals surface area (Å²) in [6.45, 7) is 8.01. The summed E-state index contributed by atoms with van der Waals surface area (Å²) in [5.74, 6) is -3.14. The number of rotatable bonds is 4. The topological polar surface area (TPSA) is 137 Å². The van der Waals surface area contributed by atoms with Crippen LogP contribution in [0.1, 0.15) is 73.6 Å². The molecule has 13 heteroatoms. The van der Waals surface area contributed by atoms with Gasteiger partial charge in [0.2, 0.25) is 17.7 Å². The molecule has 4 aliphatic rings. The standard InChI is InChI=1S/C29H36FN5O7/c1-29(2,3)42-28(41)34-8-6-17(7-9-34)14-24(37)33-12-10-32(11-13-33)22-16-19-18(15-20(22)30)26(39)35(27(19)40)21-4-5-23(36)31-25(21)38/h15-17,21H,4-14H2,1-3H3,(H,31,36,38). The second-order valence-electron chi connectivity index (χ2n) is 12.3. The quantitative estimate of drug-likeness (QED) is 0.530. The number of likely N-dealkylation sites (tertiary alicyclic amines) is 1. The number of halogens is 1. The van der Waals surface area contributed by atoms with E-state index in [-0.39, 0.29) is 47.6 Å². The van der Waals surface area contributed by atoms with Gasteiger partial charge in [0.1, 0.15) is 17.5 Å². The Kier molecular flexibility index (Phi) is 7.95. The van der Waals surface area contributed by atoms with Crippen LogP contribution in [-0.4, -0.2) is 101 Å². The molecule has 6 amide bonds. The van der Waals surface area contributed by atoms with Gasteiger partial charge in [-0.15, -0.1) is 0 Å². The van der Waals surface area contributed by atoms with Crippen LogP contribution in [0.15, 0.2) is 12.1 Å². The fourth-order valence-electron chi connectivity index (χ4n) is 5.94. The van der Waals surface area contributed by atoms with Crippen LogP contribution in [0.5, 0.6) is 0 Å². The first-order valence-electron chi connectivity index (χ1n) is 14.4. The van der Waals surface area contributed by atoms with Crippen LogP contribution in [-0.2, 0) is 19.1 Å². The normalized spacial score (nSPS) is 22.0. The minimum Gasteiger partial charge on any atom is -0.444 e. The molecule has 0 spiro atoms. The molecule has 1 N–H and O–H groups in total. The van der Waals surface area contributed by atoms with Crippen molar-refractivity contribution in [3.63, 3.8) is 0 Å². The Labute approximate surface area is 243 Å². The summed E-state index contributed by atoms with van der Waals surface area (Å²) in [4.78, 5) is 81.2. The first-order valence-corrected chi connectivity index (χ1v) is 14.4. The van der Waals surface area contributed by atoms with Gasteiger partial charge in [-0.25, -0.2) is 9.18 Å². The second-order valence-corrected chi connectivity index (χ2v) is 12.3. The van der Waals surface area contributed by atoms with Gasteiger partial charge in [-0.2, -0.15) is 0 Å². The smallest absolute Gasteiger partial charge is 0.410 e. The highest BCUT2D eigenvalue weighted by molar-refractivity contribution is 6.23. The number of fused-ring (bicyclic) bond motifs is 1. The number of piperidine rings is 2. The molecule has 1 aromatic rings. The van der Waals surface area contributed by atoms with Crippen LogP contribution >= 0.6 is 0 Å². The minimum absolute atomic E-state index is 0.00229. The highest BCUT2D eigenvalue weighted by Crippen LogP contribution is 2.33. The zero-order valence-corrected chi connectivity index (χ0v) is 24.1. The van der Waals surface area contributed by atoms with E-state index in [1.165, 1.54) is 6.07 Å². The molecule has 0 radical (unpaired) electrons. The number of carbonyl (C=O) groups excluding carboxylic acids is 6. The Morgan fingerprint density at radius 1 is 0.905 bits per heavy atom. The van der Waals surface area contributed by atoms with Gasteiger partial charge in [0.25, 0.3) is 11.8 Å². The van der Waals surface area contributed by atoms with Crippen molar-refractivity contribution in [3.05, 3.63) is 29.1 Å². The Bertz CT molecular complexity index is 1330. The third-order valence-electron chi connectivity index (χ3n) is 8.21. The van der Waals surface area contributed by atoms with Crippen molar-refractivity contribution in [1.82, 2.24) is 20.0 Å². The number of nitrogens with zero attached hydrogens (tertiary/aromatic N) is 4. The summed E-state index contributed by atoms with van der Waals surface area (Å²) < 4.78 is 20.6. The van der Waals surface area contributed by atoms with Gasteiger partial charge in [-0.05, 0) is 58.1 Å². The van der Waals surface area contributed by atoms with Crippen molar-refractivity contribution in [2.75, 3.05) is 44.2 Å². The third-order valence-corrected chi connectivity index (χ3v) is 8.21. The van der Waals surface area contributed by atoms with E-state index in [2.05, 4.69) is 5.32 Å². The molecule has 1 atom stereocenters. The summed E-state index contributed by atoms with van der Waals surface area (Å²) in [5, 5.41) is 2.14. The van der Waals surface area contributed by atoms with E-state index in [9.17, 15) is 28.8 Å². The molecule has 1 unspecified atom stereocenters. The van der Waals surface area contributed by atoms with Crippen molar-refractivity contribution >= 4 is 41.3 Å². The molecule has 0 aromatic heterocycles. The molecule has 0 saturated carbocycles. The summed E-state index contributed by atoms with van der Waals surface area (Å²) >= 11 is 0. The van der Waals surface area contributed by atoms with Crippen molar-refractivity contribution < 1.29 is 37.9 Å². The summed E-state index contributed by atoms with van der Waals surface area (Å²) in [6, 6.07) is 1.24. The number of hydrogen-bond donors (Lipinski definition) is 1. The minimum atomic E-state index is -1.12. The van der Waals surface area contributed by atoms with Crippen molar-refractivity contribution in [2.45, 2.75) is 64.5 Å². The summed E-state index contributed by atoms with van der Waals surface area (Å²) in [5.41, 5.74) is -0.505. The summed E-state index contributed by atoms with van der Waals surface area (Å²) in [7, 11) is 0. The molecule has 42 heavy (non-hydrogen) atoms. The molecule has 1 aromatic carbocycles. The van der Waals surface area contributed by atoms with Crippen LogP contribution in [0.2, 0.25) is 0 Å². The average Bonchev–Trinajstić information content (AvgIpc) is 3.16. The van der Waals surface area contributed by atoms with Crippen LogP contribution in [0.3, 0.4) is 0 Å². The van der Waals surface area contributed by atoms with Crippen LogP contribution < -0.4 is 10.2 Å². The maximum absolute atomic E-state index is 15.2. The molecule has 0 bridgehead atoms. The van der Waals surface area contributed by atoms with E-state index in [1.807, 2.05) is 20.8 Å². The molecule has 12 nitrogen and oxygen atoms in total. The molecule has 4 aliphatic heterocycles. The van der Waals surface area contributed by atoms with Crippen molar-refractivity contribution in [2.24, 2.45) is 5.92 Å². The highest BCUT2D eigenvalue weighted by Gasteiger charge is 2.45. The Morgan fingerprint density at radius 2 is 1.52 bits per heavy atom. The molecule has 226 valence electrons. The summed E-state index contributed by atoms with van der Waals surface area (Å²) in [6.07, 6.45) is 1.49. The Hall–Kier alpha value is -4.03. The van der Waals surface area contributed by atoms with Crippen molar-refractivity contribution in [3.8, 4) is 0 Å². The van der Waals surface area contributed by atoms with E-state index in [1.54, 1.807) is 14.7 Å². The van der Waals surface area contributed by atoms with Gasteiger partial charge in [-0.3, -0.25) is 34.2 Å². The van der Waals surface area contributed by atoms with Gasteiger partial charge in [0, 0.05) is 52.1 Å². The fraction of sp³-hybridized carbons (Fsp3) is 0.586. The van der Waals surface area contributed by atoms with Gasteiger partial charge in [0.15, 0.2) is 0 Å². The number of benzene rings is 1. The average molecular weight is 586 g/mol. The SMILES string of the molecule is CC(C)(C)OC(=O)N1CCC(CC(=O)N2CCN(c3cc4c(cc3F)C(=O)N(C3CCC(=O)NC3=O)C4=O)CC2)CC1. The third kappa shape index (κ3) is 5.95. The first kappa shape index (κ1) is 29.5. The highest BCUT2D eigenvalue weighted by atomic mass is 19.1. The zero-order valence-electron chi connectivity index (χ0n) is 24.1. The molecule has 4 heterocycles. The Morgan fingerprint density at radius 3 is 2.12 bits per heavy atom. The predicted molar refractivity (Wildman–Crippen MR) is 147 cm³/mol. The lowest BCUT2D eigenvalue weighted by Gasteiger charge is -2.38. The fourth-order valence-corrected chi connectivity index (χ4v) is 5.94. The van der Waals surface area contributed by atoms with Gasteiger partial charge >= 0.3 is 6.09 Å². The molecular formula is C29H36FN5O7. The van der Waals surface area contributed by atoms with Crippen LogP contribution in [0.25, 0.3) is 0 Å². The van der Waals surface area contributed by atoms with Crippen molar-refractivity contribution in [1.29, 1.82) is 0 Å². The Balaban J connectivity index is 1.16. The first-order chi connectivity index (χ1) is 19.8. The van der Waals surface area contributed by atoms with Gasteiger partial charge < -0.3 is 19.4 Å². The van der Waals surface area contributed by atoms with E-state index in [0.717, 1.165) is 11.0 Å². The predicted octanol–water partition coefficient (Wildman–Crippen LogP) is 1.91. The van der Waals surface area contributed by atoms with Gasteiger partial charge in [-0.1, -0.05) is 0 Å². The molecule has 0 aliphatic carbocycles. The molecule has 5 rings (SSSR count). The van der Waals surface area contributed by atoms with Crippen LogP contribution in [0.4, 0.5) is 14.9 Å². The number of hydrogen-bond acceptors (Lipinski definition) is 8. The maximum atomic E-state index is 15.2. The largest absolute Gasteiger partial charge is 0.444 e. The number of amides is 6. The lowest BCUT2D eigenvalue weighted by Crippen LogP contribution is -2.54. The molecular weight excluding hydrogens is 549 g/mol. The van der Waals surface area contributed by atoms with E-state index < -0.39 is 41.1 Å². The maximum Gasteiger partial charge on any atom is 0.410 e. The number of ether oxygens (including phenoxy) is 1. The zero-order chi connectivity index (χ0) is 30.3. The number of piperazine rings is 1. The van der Waals surface area contributed by atoms with E-state index in [0.29, 0.717) is 58.5 Å². The monoisotopic (exact) mass is 585 g/mol. The second kappa shape index (κ2) is 11.3. The van der Waals surface area contributed by atoms with Gasteiger partial charge in [0.05, 0.1) is 16.8 Å². The van der Waals surface area contributed by atoms with Crippen LogP contribution in [0, 0.1) is 11.7 Å². The number of imide groups is 2. The lowest BCUT2D eigenvalue weighted by atomic mass is 9.93. The number of nitrogens with one attached hydrogen (secondary N) is 1. The van der Waals surface area contributed by atoms with E-state index >= 15 is 4.39 Å². The number of carbonyl (C=O) groups is 6. The van der Waals surface area contributed by atoms with E-state index in [4.69, 9.17) is 4.74 Å².